The van der Waals surface area contributed by atoms with Crippen molar-refractivity contribution in [3.8, 4) is 5.75 Å². The first kappa shape index (κ1) is 115. The summed E-state index contributed by atoms with van der Waals surface area (Å²) in [5.74, 6) is -10.3. The normalized spacial score (nSPS) is 21.8. The van der Waals surface area contributed by atoms with Gasteiger partial charge in [0.2, 0.25) is 47.3 Å². The Hall–Kier alpha value is -9.82. The zero-order valence-corrected chi connectivity index (χ0v) is 78.9. The highest BCUT2D eigenvalue weighted by Gasteiger charge is 2.55. The van der Waals surface area contributed by atoms with Gasteiger partial charge < -0.3 is 155 Å². The minimum Gasteiger partial charge on any atom is -0.463 e. The van der Waals surface area contributed by atoms with Crippen LogP contribution < -0.4 is 45.6 Å². The zero-order chi connectivity index (χ0) is 98.2. The van der Waals surface area contributed by atoms with Gasteiger partial charge in [0.25, 0.3) is 0 Å². The molecule has 0 radical (unpaired) electrons. The van der Waals surface area contributed by atoms with Gasteiger partial charge in [-0.05, 0) is 24.1 Å². The quantitative estimate of drug-likeness (QED) is 0.0143. The lowest BCUT2D eigenvalue weighted by molar-refractivity contribution is -0.279. The molecule has 4 rings (SSSR count). The molecule has 1 unspecified atom stereocenters. The lowest BCUT2D eigenvalue weighted by Crippen LogP contribution is -2.66. The van der Waals surface area contributed by atoms with Gasteiger partial charge in [0.15, 0.2) is 78.5 Å². The number of hydrogen-bond donors (Lipinski definition) is 8. The first-order chi connectivity index (χ1) is 63.4. The minimum absolute atomic E-state index is 0.0290. The molecule has 1 aromatic rings. The molecule has 50 heteroatoms. The van der Waals surface area contributed by atoms with E-state index in [1.54, 1.807) is 35.1 Å². The van der Waals surface area contributed by atoms with E-state index < -0.39 is 232 Å². The number of esters is 9. The Morgan fingerprint density at radius 1 is 0.308 bits per heavy atom. The second-order valence-corrected chi connectivity index (χ2v) is 30.4. The largest absolute Gasteiger partial charge is 0.463 e. The van der Waals surface area contributed by atoms with Gasteiger partial charge in [-0.15, -0.1) is 0 Å². The standard InChI is InChI=1S/C83H127IN8O41/c1-49(93)89-71-77(127-58(10)102)74(124-55(7)99)63(43-121-52(4)96)130-80(71)118-40-37-112-32-24-86-67(106)19-28-115-46-83(92-70(109)22-27-110-35-36-111-31-23-85-66(105)18-15-61-13-16-62(133-84)17-14-61,47-116-29-20-68(107)87-25-33-113-38-41-119-81-72(90-50(2)94)78(128-59(11)103)75(125-56(8)100)64(131-81)44-122-53(5)97)48-117-30-21-69(108)88-26-34-114-39-42-120-82-73(91-51(3)95)79(129-60(12)104)76(126-57(9)101)65(132-82)45-123-54(6)98/h13-14,16-17,63-65,71-82H,15,18-48H2,1-12H3,(H,85,105)(H,86,106)(H,87,107)(H,88,108)(H,89,93)(H,90,94)(H,91,95)(H,92,109)/t63-,64-,65-,71-,72+,73+,74+,75-,76-,77-,78+,79+,80-,81-,82+,83?/m1/s1. The Morgan fingerprint density at radius 3 is 0.850 bits per heavy atom. The van der Waals surface area contributed by atoms with Gasteiger partial charge in [0, 0.05) is 141 Å². The third-order valence-corrected chi connectivity index (χ3v) is 19.0. The molecule has 0 aliphatic carbocycles. The van der Waals surface area contributed by atoms with E-state index >= 15 is 0 Å². The maximum atomic E-state index is 14.1. The number of rotatable bonds is 65. The third-order valence-electron chi connectivity index (χ3n) is 18.5. The van der Waals surface area contributed by atoms with E-state index in [4.69, 9.17) is 112 Å². The number of hydrogen-bond acceptors (Lipinski definition) is 41. The second-order valence-electron chi connectivity index (χ2n) is 29.9. The van der Waals surface area contributed by atoms with Crippen LogP contribution in [0.3, 0.4) is 0 Å². The summed E-state index contributed by atoms with van der Waals surface area (Å²) in [7, 11) is 0. The summed E-state index contributed by atoms with van der Waals surface area (Å²) in [6, 6.07) is 3.64. The van der Waals surface area contributed by atoms with Gasteiger partial charge in [-0.25, -0.2) is 0 Å². The Balaban J connectivity index is 1.46. The molecule has 3 saturated heterocycles. The summed E-state index contributed by atoms with van der Waals surface area (Å²) in [5, 5.41) is 21.6. The molecule has 0 bridgehead atoms. The van der Waals surface area contributed by atoms with Crippen LogP contribution in [0, 0.1) is 0 Å². The average Bonchev–Trinajstić information content (AvgIpc) is 0.801. The van der Waals surface area contributed by atoms with Crippen LogP contribution in [0.2, 0.25) is 0 Å². The van der Waals surface area contributed by atoms with Gasteiger partial charge >= 0.3 is 53.7 Å². The molecular weight excluding hydrogens is 1890 g/mol. The monoisotopic (exact) mass is 2020 g/mol. The van der Waals surface area contributed by atoms with Gasteiger partial charge in [-0.1, -0.05) is 12.1 Å². The first-order valence-corrected chi connectivity index (χ1v) is 43.7. The van der Waals surface area contributed by atoms with Crippen LogP contribution in [0.5, 0.6) is 5.75 Å². The Bertz CT molecular complexity index is 3530. The van der Waals surface area contributed by atoms with Crippen molar-refractivity contribution in [2.75, 3.05) is 172 Å². The van der Waals surface area contributed by atoms with Crippen LogP contribution in [0.15, 0.2) is 24.3 Å². The van der Waals surface area contributed by atoms with Gasteiger partial charge in [0.05, 0.1) is 126 Å². The van der Waals surface area contributed by atoms with Crippen molar-refractivity contribution in [2.45, 2.75) is 219 Å². The minimum atomic E-state index is -1.62. The summed E-state index contributed by atoms with van der Waals surface area (Å²) in [6.07, 6.45) is -16.1. The lowest BCUT2D eigenvalue weighted by Gasteiger charge is -2.44. The van der Waals surface area contributed by atoms with Crippen LogP contribution >= 0.6 is 23.0 Å². The van der Waals surface area contributed by atoms with E-state index in [2.05, 4.69) is 42.5 Å². The van der Waals surface area contributed by atoms with Gasteiger partial charge in [0.1, 0.15) is 67.5 Å². The van der Waals surface area contributed by atoms with Gasteiger partial charge in [-0.2, -0.15) is 0 Å². The Labute approximate surface area is 782 Å². The molecule has 752 valence electrons. The van der Waals surface area contributed by atoms with Crippen LogP contribution in [0.25, 0.3) is 0 Å². The molecule has 133 heavy (non-hydrogen) atoms. The lowest BCUT2D eigenvalue weighted by atomic mass is 9.96. The summed E-state index contributed by atoms with van der Waals surface area (Å²) in [5.41, 5.74) is -0.664. The molecule has 16 atom stereocenters. The van der Waals surface area contributed by atoms with E-state index in [-0.39, 0.29) is 170 Å². The summed E-state index contributed by atoms with van der Waals surface area (Å²) in [4.78, 5) is 213. The Morgan fingerprint density at radius 2 is 0.571 bits per heavy atom. The number of aryl methyl sites for hydroxylation is 1. The predicted molar refractivity (Wildman–Crippen MR) is 457 cm³/mol. The fraction of sp³-hybridized carbons (Fsp3) is 0.723. The number of ether oxygens (including phenoxy) is 23. The van der Waals surface area contributed by atoms with Crippen molar-refractivity contribution < 1.29 is 194 Å². The molecule has 0 saturated carbocycles. The maximum absolute atomic E-state index is 14.1. The van der Waals surface area contributed by atoms with E-state index in [0.717, 1.165) is 67.9 Å². The van der Waals surface area contributed by atoms with Crippen LogP contribution in [0.4, 0.5) is 0 Å². The van der Waals surface area contributed by atoms with Crippen molar-refractivity contribution in [1.82, 2.24) is 42.5 Å². The SMILES string of the molecule is CC(=O)N[C@@H]1[C@H](OCCOCCNC(=O)CCOCC(COCCC(=O)NCCOCCO[C@H]2O[C@H](COC(C)=O)[C@@H](OC(C)=O)[C@@H](OC(C)=O)[C@@H]2NC(C)=O)(COCCC(=O)NCCOCCO[C@@H]2O[C@H](COC(C)=O)[C@H](OC(C)=O)[C@H](OC(C)=O)[C@H]2NC(C)=O)NC(=O)CCOCCOCCNC(=O)CCc2ccc(OI)cc2)O[C@H](COC(C)=O)[C@@H](OC(C)=O)[C@H]1OC(C)=O. The van der Waals surface area contributed by atoms with Crippen molar-refractivity contribution in [2.24, 2.45) is 0 Å². The summed E-state index contributed by atoms with van der Waals surface area (Å²) < 4.78 is 136. The molecule has 3 aliphatic rings. The molecule has 49 nitrogen and oxygen atoms in total. The predicted octanol–water partition coefficient (Wildman–Crippen LogP) is -2.62. The molecule has 0 aromatic heterocycles. The summed E-state index contributed by atoms with van der Waals surface area (Å²) in [6.45, 7) is 9.36. The van der Waals surface area contributed by atoms with E-state index in [1.165, 1.54) is 20.8 Å². The molecule has 3 aliphatic heterocycles. The second kappa shape index (κ2) is 65.0. The highest BCUT2D eigenvalue weighted by molar-refractivity contribution is 14.1. The number of nitrogens with one attached hydrogen (secondary N) is 8. The highest BCUT2D eigenvalue weighted by atomic mass is 127. The van der Waals surface area contributed by atoms with Crippen molar-refractivity contribution >= 4 is 124 Å². The van der Waals surface area contributed by atoms with E-state index in [1.807, 2.05) is 12.1 Å². The molecule has 0 spiro atoms. The number of carbonyl (C=O) groups is 17. The Kier molecular flexibility index (Phi) is 56.4. The molecule has 3 fully saturated rings. The fourth-order valence-electron chi connectivity index (χ4n) is 13.0. The highest BCUT2D eigenvalue weighted by Crippen LogP contribution is 2.32. The third kappa shape index (κ3) is 49.3. The molecule has 8 amide bonds. The smallest absolute Gasteiger partial charge is 0.303 e. The van der Waals surface area contributed by atoms with Crippen LogP contribution in [0.1, 0.15) is 121 Å². The first-order valence-electron chi connectivity index (χ1n) is 42.8. The molecule has 1 aromatic carbocycles. The number of carbonyl (C=O) groups excluding carboxylic acids is 17. The number of halogens is 1. The maximum Gasteiger partial charge on any atom is 0.303 e. The molecular formula is C83H127IN8O41. The van der Waals surface area contributed by atoms with Crippen molar-refractivity contribution in [3.63, 3.8) is 0 Å². The molecule has 3 heterocycles. The van der Waals surface area contributed by atoms with Crippen molar-refractivity contribution in [1.29, 1.82) is 0 Å². The summed E-state index contributed by atoms with van der Waals surface area (Å²) >= 11 is 1.78. The zero-order valence-electron chi connectivity index (χ0n) is 76.7. The van der Waals surface area contributed by atoms with Gasteiger partial charge in [-0.3, -0.25) is 81.5 Å². The molecule has 8 N–H and O–H groups in total. The number of amides is 8. The van der Waals surface area contributed by atoms with E-state index in [9.17, 15) is 81.5 Å². The topological polar surface area (TPSA) is 608 Å². The number of benzene rings is 1. The van der Waals surface area contributed by atoms with E-state index in [0.29, 0.717) is 12.2 Å². The van der Waals surface area contributed by atoms with Crippen molar-refractivity contribution in [3.05, 3.63) is 29.8 Å². The van der Waals surface area contributed by atoms with Crippen LogP contribution in [-0.4, -0.2) is 370 Å². The average molecular weight is 2020 g/mol. The fourth-order valence-corrected chi connectivity index (χ4v) is 13.3. The van der Waals surface area contributed by atoms with Crippen LogP contribution in [-0.2, 0) is 197 Å².